The number of amides is 2. The van der Waals surface area contributed by atoms with Crippen molar-refractivity contribution in [1.29, 1.82) is 0 Å². The molecule has 3 rings (SSSR count). The molecule has 8 heteroatoms. The Labute approximate surface area is 152 Å². The maximum atomic E-state index is 13.9. The molecule has 0 radical (unpaired) electrons. The summed E-state index contributed by atoms with van der Waals surface area (Å²) in [5.74, 6) is -2.14. The van der Waals surface area contributed by atoms with Gasteiger partial charge in [0.05, 0.1) is 18.2 Å². The number of rotatable bonds is 3. The number of pyridine rings is 1. The predicted octanol–water partition coefficient (Wildman–Crippen LogP) is 3.76. The van der Waals surface area contributed by atoms with Gasteiger partial charge < -0.3 is 0 Å². The Morgan fingerprint density at radius 2 is 1.81 bits per heavy atom. The number of aromatic nitrogens is 1. The monoisotopic (exact) mass is 380 g/mol. The van der Waals surface area contributed by atoms with Crippen LogP contribution in [0.3, 0.4) is 0 Å². The van der Waals surface area contributed by atoms with Crippen molar-refractivity contribution in [2.45, 2.75) is 38.4 Å². The molecular weight excluding hydrogens is 364 g/mol. The lowest BCUT2D eigenvalue weighted by atomic mass is 9.81. The fourth-order valence-corrected chi connectivity index (χ4v) is 3.12. The average Bonchev–Trinajstić information content (AvgIpc) is 2.80. The summed E-state index contributed by atoms with van der Waals surface area (Å²) >= 11 is 0. The van der Waals surface area contributed by atoms with Crippen molar-refractivity contribution in [2.75, 3.05) is 0 Å². The SMILES string of the molecule is Cc1ccc(C2(C)CC(=O)N(Cc3cc(C(F)(F)F)ncc3F)C2=O)cc1. The molecule has 1 aliphatic heterocycles. The first-order valence-corrected chi connectivity index (χ1v) is 8.16. The standard InChI is InChI=1S/C19H16F4N2O2/c1-11-3-5-13(6-4-11)18(2)8-16(26)25(17(18)27)10-12-7-15(19(21,22)23)24-9-14(12)20/h3-7,9H,8,10H2,1-2H3. The molecule has 142 valence electrons. The predicted molar refractivity (Wildman–Crippen MR) is 87.9 cm³/mol. The normalized spacial score (nSPS) is 20.4. The smallest absolute Gasteiger partial charge is 0.277 e. The molecule has 4 nitrogen and oxygen atoms in total. The van der Waals surface area contributed by atoms with Gasteiger partial charge in [-0.15, -0.1) is 0 Å². The van der Waals surface area contributed by atoms with Gasteiger partial charge in [0.2, 0.25) is 11.8 Å². The molecule has 0 aliphatic carbocycles. The van der Waals surface area contributed by atoms with Gasteiger partial charge in [0.15, 0.2) is 0 Å². The van der Waals surface area contributed by atoms with Crippen molar-refractivity contribution in [3.05, 3.63) is 64.7 Å². The molecule has 1 saturated heterocycles. The topological polar surface area (TPSA) is 50.3 Å². The molecule has 1 aromatic carbocycles. The fourth-order valence-electron chi connectivity index (χ4n) is 3.12. The Morgan fingerprint density at radius 1 is 1.19 bits per heavy atom. The number of aryl methyl sites for hydroxylation is 1. The quantitative estimate of drug-likeness (QED) is 0.602. The van der Waals surface area contributed by atoms with Crippen LogP contribution in [0.1, 0.15) is 35.7 Å². The van der Waals surface area contributed by atoms with Crippen LogP contribution in [0.25, 0.3) is 0 Å². The van der Waals surface area contributed by atoms with Gasteiger partial charge in [-0.2, -0.15) is 13.2 Å². The highest BCUT2D eigenvalue weighted by molar-refractivity contribution is 6.08. The van der Waals surface area contributed by atoms with Crippen molar-refractivity contribution in [3.63, 3.8) is 0 Å². The Morgan fingerprint density at radius 3 is 2.41 bits per heavy atom. The Bertz CT molecular complexity index is 909. The number of benzene rings is 1. The van der Waals surface area contributed by atoms with Gasteiger partial charge in [-0.05, 0) is 25.5 Å². The van der Waals surface area contributed by atoms with Crippen molar-refractivity contribution < 1.29 is 27.2 Å². The molecule has 1 aliphatic rings. The fraction of sp³-hybridized carbons (Fsp3) is 0.316. The van der Waals surface area contributed by atoms with Gasteiger partial charge in [-0.25, -0.2) is 9.37 Å². The molecule has 1 fully saturated rings. The number of carbonyl (C=O) groups is 2. The van der Waals surface area contributed by atoms with Crippen molar-refractivity contribution in [1.82, 2.24) is 9.88 Å². The number of hydrogen-bond acceptors (Lipinski definition) is 3. The van der Waals surface area contributed by atoms with E-state index in [1.807, 2.05) is 6.92 Å². The van der Waals surface area contributed by atoms with Gasteiger partial charge in [0, 0.05) is 12.0 Å². The van der Waals surface area contributed by atoms with E-state index in [0.717, 1.165) is 10.5 Å². The average molecular weight is 380 g/mol. The Balaban J connectivity index is 1.92. The highest BCUT2D eigenvalue weighted by Gasteiger charge is 2.49. The number of nitrogens with zero attached hydrogens (tertiary/aromatic N) is 2. The van der Waals surface area contributed by atoms with Crippen molar-refractivity contribution >= 4 is 11.8 Å². The number of carbonyl (C=O) groups excluding carboxylic acids is 2. The van der Waals surface area contributed by atoms with Gasteiger partial charge in [-0.1, -0.05) is 29.8 Å². The zero-order valence-corrected chi connectivity index (χ0v) is 14.6. The van der Waals surface area contributed by atoms with Crippen LogP contribution in [0.15, 0.2) is 36.5 Å². The molecule has 0 saturated carbocycles. The van der Waals surface area contributed by atoms with Gasteiger partial charge in [0.25, 0.3) is 0 Å². The van der Waals surface area contributed by atoms with Gasteiger partial charge >= 0.3 is 6.18 Å². The van der Waals surface area contributed by atoms with E-state index < -0.39 is 47.0 Å². The van der Waals surface area contributed by atoms with Crippen LogP contribution < -0.4 is 0 Å². The third-order valence-corrected chi connectivity index (χ3v) is 4.77. The van der Waals surface area contributed by atoms with Crippen molar-refractivity contribution in [2.24, 2.45) is 0 Å². The number of imide groups is 1. The molecule has 0 N–H and O–H groups in total. The lowest BCUT2D eigenvalue weighted by molar-refractivity contribution is -0.141. The first-order chi connectivity index (χ1) is 12.5. The van der Waals surface area contributed by atoms with Crippen LogP contribution in [0, 0.1) is 12.7 Å². The second-order valence-electron chi connectivity index (χ2n) is 6.82. The summed E-state index contributed by atoms with van der Waals surface area (Å²) in [6, 6.07) is 7.60. The zero-order valence-electron chi connectivity index (χ0n) is 14.6. The van der Waals surface area contributed by atoms with E-state index in [1.54, 1.807) is 31.2 Å². The van der Waals surface area contributed by atoms with E-state index in [1.165, 1.54) is 0 Å². The minimum atomic E-state index is -4.75. The number of likely N-dealkylation sites (tertiary alicyclic amines) is 1. The summed E-state index contributed by atoms with van der Waals surface area (Å²) in [7, 11) is 0. The zero-order chi connectivity index (χ0) is 20.0. The maximum absolute atomic E-state index is 13.9. The van der Waals surface area contributed by atoms with E-state index in [4.69, 9.17) is 0 Å². The molecule has 1 atom stereocenters. The molecule has 2 amide bonds. The van der Waals surface area contributed by atoms with E-state index in [2.05, 4.69) is 4.98 Å². The largest absolute Gasteiger partial charge is 0.433 e. The molecule has 2 heterocycles. The van der Waals surface area contributed by atoms with Crippen LogP contribution in [-0.4, -0.2) is 21.7 Å². The molecule has 1 unspecified atom stereocenters. The Kier molecular flexibility index (Phi) is 4.53. The number of alkyl halides is 3. The summed E-state index contributed by atoms with van der Waals surface area (Å²) in [5.41, 5.74) is -1.22. The highest BCUT2D eigenvalue weighted by atomic mass is 19.4. The first-order valence-electron chi connectivity index (χ1n) is 8.16. The van der Waals surface area contributed by atoms with E-state index in [-0.39, 0.29) is 6.42 Å². The minimum Gasteiger partial charge on any atom is -0.277 e. The highest BCUT2D eigenvalue weighted by Crippen LogP contribution is 2.37. The van der Waals surface area contributed by atoms with Gasteiger partial charge in [-0.3, -0.25) is 14.5 Å². The third-order valence-electron chi connectivity index (χ3n) is 4.77. The van der Waals surface area contributed by atoms with Crippen molar-refractivity contribution in [3.8, 4) is 0 Å². The molecule has 27 heavy (non-hydrogen) atoms. The molecule has 1 aromatic heterocycles. The lowest BCUT2D eigenvalue weighted by Crippen LogP contribution is -2.36. The van der Waals surface area contributed by atoms with Crippen LogP contribution in [0.2, 0.25) is 0 Å². The van der Waals surface area contributed by atoms with E-state index in [0.29, 0.717) is 17.8 Å². The third kappa shape index (κ3) is 3.43. The van der Waals surface area contributed by atoms with Gasteiger partial charge in [0.1, 0.15) is 11.5 Å². The van der Waals surface area contributed by atoms with Crippen LogP contribution >= 0.6 is 0 Å². The Hall–Kier alpha value is -2.77. The lowest BCUT2D eigenvalue weighted by Gasteiger charge is -2.23. The summed E-state index contributed by atoms with van der Waals surface area (Å²) in [4.78, 5) is 29.1. The van der Waals surface area contributed by atoms with Crippen LogP contribution in [0.5, 0.6) is 0 Å². The first kappa shape index (κ1) is 19.0. The van der Waals surface area contributed by atoms with E-state index in [9.17, 15) is 27.2 Å². The summed E-state index contributed by atoms with van der Waals surface area (Å²) in [6.07, 6.45) is -4.44. The maximum Gasteiger partial charge on any atom is 0.433 e. The molecule has 0 bridgehead atoms. The molecule has 2 aromatic rings. The second kappa shape index (κ2) is 6.44. The molecular formula is C19H16F4N2O2. The minimum absolute atomic E-state index is 0.131. The summed E-state index contributed by atoms with van der Waals surface area (Å²) in [6.45, 7) is 2.91. The summed E-state index contributed by atoms with van der Waals surface area (Å²) < 4.78 is 52.4. The van der Waals surface area contributed by atoms with E-state index >= 15 is 0 Å². The summed E-state index contributed by atoms with van der Waals surface area (Å²) in [5, 5.41) is 0. The number of hydrogen-bond donors (Lipinski definition) is 0. The molecule has 0 spiro atoms. The van der Waals surface area contributed by atoms with Crippen LogP contribution in [0.4, 0.5) is 17.6 Å². The number of halogens is 4. The van der Waals surface area contributed by atoms with Crippen LogP contribution in [-0.2, 0) is 27.7 Å². The second-order valence-corrected chi connectivity index (χ2v) is 6.82.